The van der Waals surface area contributed by atoms with Gasteiger partial charge in [0.1, 0.15) is 11.5 Å². The van der Waals surface area contributed by atoms with Gasteiger partial charge in [0.05, 0.1) is 31.4 Å². The highest BCUT2D eigenvalue weighted by Crippen LogP contribution is 2.25. The van der Waals surface area contributed by atoms with E-state index in [1.165, 1.54) is 0 Å². The molecule has 0 bridgehead atoms. The van der Waals surface area contributed by atoms with E-state index in [2.05, 4.69) is 58.9 Å². The molecule has 209 valence electrons. The van der Waals surface area contributed by atoms with Gasteiger partial charge in [-0.15, -0.1) is 0 Å². The first-order valence-corrected chi connectivity index (χ1v) is 13.8. The van der Waals surface area contributed by atoms with Crippen LogP contribution in [0.2, 0.25) is 0 Å². The average Bonchev–Trinajstić information content (AvgIpc) is 3.42. The Morgan fingerprint density at radius 3 is 2.58 bits per heavy atom. The third-order valence-corrected chi connectivity index (χ3v) is 7.12. The number of nitrogens with zero attached hydrogens (tertiary/aromatic N) is 6. The average molecular weight is 544 g/mol. The summed E-state index contributed by atoms with van der Waals surface area (Å²) in [6.07, 6.45) is 7.67. The molecule has 2 amide bonds. The van der Waals surface area contributed by atoms with Gasteiger partial charge in [0.15, 0.2) is 6.20 Å². The Balaban J connectivity index is 1.32. The SMILES string of the molecule is CC(C)N(C(=O)Cc1cccc(N2C=C(Nc3ccc(C(=O)N4CCOCC4)cn3)C3=NC=C[N+]3C2)c1)C(C)C. The summed E-state index contributed by atoms with van der Waals surface area (Å²) in [5.74, 6) is 1.49. The van der Waals surface area contributed by atoms with Crippen LogP contribution < -0.4 is 15.1 Å². The maximum absolute atomic E-state index is 13.1. The molecule has 0 saturated carbocycles. The number of fused-ring (bicyclic) bond motifs is 1. The molecule has 1 saturated heterocycles. The Morgan fingerprint density at radius 1 is 1.10 bits per heavy atom. The minimum atomic E-state index is -0.0378. The number of nitrogens with one attached hydrogen (secondary N) is 1. The molecule has 1 aromatic carbocycles. The highest BCUT2D eigenvalue weighted by atomic mass is 16.5. The molecule has 1 fully saturated rings. The molecule has 0 aliphatic carbocycles. The van der Waals surface area contributed by atoms with Crippen LogP contribution in [-0.2, 0) is 16.0 Å². The lowest BCUT2D eigenvalue weighted by atomic mass is 10.1. The number of hydrogen-bond acceptors (Lipinski definition) is 8. The summed E-state index contributed by atoms with van der Waals surface area (Å²) in [5, 5.41) is 3.37. The van der Waals surface area contributed by atoms with Crippen molar-refractivity contribution in [1.82, 2.24) is 19.7 Å². The maximum atomic E-state index is 13.1. The van der Waals surface area contributed by atoms with E-state index in [1.807, 2.05) is 41.6 Å². The highest BCUT2D eigenvalue weighted by Gasteiger charge is 2.36. The van der Waals surface area contributed by atoms with Crippen molar-refractivity contribution in [2.45, 2.75) is 46.2 Å². The van der Waals surface area contributed by atoms with Gasteiger partial charge in [-0.2, -0.15) is 4.99 Å². The third-order valence-electron chi connectivity index (χ3n) is 7.12. The lowest BCUT2D eigenvalue weighted by Gasteiger charge is -2.31. The minimum Gasteiger partial charge on any atom is -0.378 e. The van der Waals surface area contributed by atoms with E-state index in [0.717, 1.165) is 22.8 Å². The van der Waals surface area contributed by atoms with Gasteiger partial charge in [-0.25, -0.2) is 4.98 Å². The highest BCUT2D eigenvalue weighted by molar-refractivity contribution is 6.06. The van der Waals surface area contributed by atoms with E-state index < -0.39 is 0 Å². The van der Waals surface area contributed by atoms with E-state index in [4.69, 9.17) is 4.74 Å². The number of aliphatic imine (C=N–C) groups is 1. The lowest BCUT2D eigenvalue weighted by Crippen LogP contribution is -2.46. The zero-order valence-electron chi connectivity index (χ0n) is 23.6. The van der Waals surface area contributed by atoms with Crippen molar-refractivity contribution >= 4 is 29.2 Å². The molecule has 1 radical (unpaired) electrons. The quantitative estimate of drug-likeness (QED) is 0.512. The van der Waals surface area contributed by atoms with Crippen LogP contribution in [0.25, 0.3) is 0 Å². The van der Waals surface area contributed by atoms with Crippen LogP contribution in [0.1, 0.15) is 43.6 Å². The van der Waals surface area contributed by atoms with Crippen molar-refractivity contribution in [3.05, 3.63) is 78.0 Å². The Kier molecular flexibility index (Phi) is 8.27. The fourth-order valence-electron chi connectivity index (χ4n) is 5.29. The number of hydrogen-bond donors (Lipinski definition) is 1. The predicted molar refractivity (Wildman–Crippen MR) is 156 cm³/mol. The van der Waals surface area contributed by atoms with Crippen LogP contribution in [0.4, 0.5) is 11.5 Å². The molecule has 3 aliphatic rings. The summed E-state index contributed by atoms with van der Waals surface area (Å²) in [6, 6.07) is 12.0. The molecule has 10 heteroatoms. The second kappa shape index (κ2) is 12.0. The number of pyridine rings is 1. The van der Waals surface area contributed by atoms with Gasteiger partial charge in [-0.05, 0) is 57.5 Å². The first-order valence-electron chi connectivity index (χ1n) is 13.8. The molecule has 40 heavy (non-hydrogen) atoms. The molecule has 1 aromatic heterocycles. The maximum Gasteiger partial charge on any atom is 0.308 e. The van der Waals surface area contributed by atoms with E-state index in [1.54, 1.807) is 23.4 Å². The van der Waals surface area contributed by atoms with Crippen molar-refractivity contribution in [3.63, 3.8) is 0 Å². The zero-order valence-corrected chi connectivity index (χ0v) is 23.6. The summed E-state index contributed by atoms with van der Waals surface area (Å²) in [7, 11) is 0. The van der Waals surface area contributed by atoms with Crippen LogP contribution in [0.5, 0.6) is 0 Å². The number of aromatic nitrogens is 1. The number of amidine groups is 1. The number of rotatable bonds is 8. The molecule has 0 spiro atoms. The third kappa shape index (κ3) is 6.08. The van der Waals surface area contributed by atoms with Gasteiger partial charge in [0.2, 0.25) is 12.6 Å². The van der Waals surface area contributed by atoms with Crippen LogP contribution in [-0.4, -0.2) is 77.5 Å². The van der Waals surface area contributed by atoms with Crippen LogP contribution in [0.3, 0.4) is 0 Å². The second-order valence-electron chi connectivity index (χ2n) is 10.7. The molecular formula is C30H37N7O3+. The molecule has 3 aliphatic heterocycles. The van der Waals surface area contributed by atoms with E-state index in [0.29, 0.717) is 50.8 Å². The minimum absolute atomic E-state index is 0.0378. The monoisotopic (exact) mass is 543 g/mol. The summed E-state index contributed by atoms with van der Waals surface area (Å²) in [5.41, 5.74) is 3.27. The Hall–Kier alpha value is -4.02. The zero-order chi connectivity index (χ0) is 28.2. The fraction of sp³-hybridized carbons (Fsp3) is 0.400. The molecule has 0 atom stereocenters. The largest absolute Gasteiger partial charge is 0.378 e. The normalized spacial score (nSPS) is 17.1. The topological polar surface area (TPSA) is 96.3 Å². The van der Waals surface area contributed by atoms with Crippen molar-refractivity contribution in [2.75, 3.05) is 43.2 Å². The number of amides is 2. The molecule has 0 unspecified atom stereocenters. The molecule has 2 aromatic rings. The van der Waals surface area contributed by atoms with Gasteiger partial charge >= 0.3 is 5.84 Å². The predicted octanol–water partition coefficient (Wildman–Crippen LogP) is 3.50. The summed E-state index contributed by atoms with van der Waals surface area (Å²) < 4.78 is 5.35. The number of benzene rings is 1. The Morgan fingerprint density at radius 2 is 1.88 bits per heavy atom. The van der Waals surface area contributed by atoms with Gasteiger partial charge < -0.3 is 19.9 Å². The number of carbonyl (C=O) groups is 2. The number of morpholine rings is 1. The van der Waals surface area contributed by atoms with Crippen molar-refractivity contribution < 1.29 is 14.3 Å². The number of anilines is 2. The summed E-state index contributed by atoms with van der Waals surface area (Å²) >= 11 is 0. The smallest absolute Gasteiger partial charge is 0.308 e. The lowest BCUT2D eigenvalue weighted by molar-refractivity contribution is -0.134. The van der Waals surface area contributed by atoms with Crippen LogP contribution >= 0.6 is 0 Å². The first-order chi connectivity index (χ1) is 19.3. The molecule has 1 N–H and O–H groups in total. The van der Waals surface area contributed by atoms with E-state index in [-0.39, 0.29) is 23.9 Å². The fourth-order valence-corrected chi connectivity index (χ4v) is 5.29. The van der Waals surface area contributed by atoms with Gasteiger partial charge in [-0.1, -0.05) is 17.0 Å². The Labute approximate surface area is 235 Å². The second-order valence-corrected chi connectivity index (χ2v) is 10.7. The van der Waals surface area contributed by atoms with Crippen LogP contribution in [0.15, 0.2) is 71.9 Å². The summed E-state index contributed by atoms with van der Waals surface area (Å²) in [4.78, 5) is 42.8. The number of ether oxygens (including phenoxy) is 1. The van der Waals surface area contributed by atoms with Gasteiger partial charge in [0.25, 0.3) is 5.91 Å². The van der Waals surface area contributed by atoms with E-state index in [9.17, 15) is 9.59 Å². The first kappa shape index (κ1) is 27.5. The standard InChI is InChI=1S/C30H37N7O3/c1-21(2)37(22(3)4)28(38)17-23-6-5-7-25(16-23)36-19-26(29-31-10-11-35(29)20-36)33-27-9-8-24(18-32-27)30(39)34-12-14-40-15-13-34/h5-11,16,18-19,21-22H,12-15,17,20H2,1-4H3,(H,32,33)/q+1. The Bertz CT molecular complexity index is 1320. The van der Waals surface area contributed by atoms with Crippen molar-refractivity contribution in [1.29, 1.82) is 0 Å². The molecule has 4 heterocycles. The van der Waals surface area contributed by atoms with Crippen LogP contribution in [0, 0.1) is 0 Å². The number of carbonyl (C=O) groups excluding carboxylic acids is 2. The summed E-state index contributed by atoms with van der Waals surface area (Å²) in [6.45, 7) is 11.1. The van der Waals surface area contributed by atoms with Crippen molar-refractivity contribution in [3.8, 4) is 0 Å². The molecule has 10 nitrogen and oxygen atoms in total. The van der Waals surface area contributed by atoms with Gasteiger partial charge in [0, 0.05) is 43.3 Å². The van der Waals surface area contributed by atoms with Crippen molar-refractivity contribution in [2.24, 2.45) is 4.99 Å². The molecular weight excluding hydrogens is 506 g/mol. The van der Waals surface area contributed by atoms with Gasteiger partial charge in [-0.3, -0.25) is 14.5 Å². The molecule has 5 rings (SSSR count). The van der Waals surface area contributed by atoms with E-state index >= 15 is 0 Å².